The zero-order valence-electron chi connectivity index (χ0n) is 6.85. The van der Waals surface area contributed by atoms with Crippen LogP contribution in [0.15, 0.2) is 19.6 Å². The first-order valence-electron chi connectivity index (χ1n) is 3.43. The van der Waals surface area contributed by atoms with Crippen molar-refractivity contribution in [3.05, 3.63) is 5.56 Å². The zero-order valence-corrected chi connectivity index (χ0v) is 10.4. The van der Waals surface area contributed by atoms with E-state index in [1.54, 1.807) is 0 Å². The van der Waals surface area contributed by atoms with Crippen molar-refractivity contribution in [3.8, 4) is 0 Å². The number of primary amides is 1. The van der Waals surface area contributed by atoms with E-state index in [1.807, 2.05) is 0 Å². The maximum atomic E-state index is 11.1. The smallest absolute Gasteiger partial charge is 0.252 e. The lowest BCUT2D eigenvalue weighted by Gasteiger charge is -2.13. The molecule has 0 radical (unpaired) electrons. The largest absolute Gasteiger partial charge is 0.397 e. The number of hydrogen-bond donors (Lipinski definition) is 6. The van der Waals surface area contributed by atoms with Gasteiger partial charge in [0.2, 0.25) is 0 Å². The summed E-state index contributed by atoms with van der Waals surface area (Å²) in [6.45, 7) is 0. The molecule has 0 unspecified atom stereocenters. The Kier molecular flexibility index (Phi) is 3.57. The van der Waals surface area contributed by atoms with Crippen LogP contribution in [0.5, 0.6) is 0 Å². The maximum Gasteiger partial charge on any atom is 0.252 e. The first kappa shape index (κ1) is 12.0. The van der Waals surface area contributed by atoms with Gasteiger partial charge in [0, 0.05) is 19.6 Å². The summed E-state index contributed by atoms with van der Waals surface area (Å²) in [4.78, 5) is 12.7. The fourth-order valence-corrected chi connectivity index (χ4v) is 2.16. The van der Waals surface area contributed by atoms with Crippen LogP contribution in [-0.2, 0) is 0 Å². The van der Waals surface area contributed by atoms with Crippen molar-refractivity contribution < 1.29 is 4.79 Å². The van der Waals surface area contributed by atoms with Crippen molar-refractivity contribution in [2.24, 2.45) is 5.73 Å². The molecule has 0 saturated carbocycles. The highest BCUT2D eigenvalue weighted by Crippen LogP contribution is 2.38. The van der Waals surface area contributed by atoms with Gasteiger partial charge >= 0.3 is 0 Å². The molecule has 0 atom stereocenters. The Morgan fingerprint density at radius 3 is 1.79 bits per heavy atom. The number of thiol groups is 4. The minimum atomic E-state index is -0.661. The van der Waals surface area contributed by atoms with Gasteiger partial charge in [0.1, 0.15) is 0 Å². The number of nitrogen functional groups attached to an aromatic ring is 1. The number of rotatable bonds is 1. The minimum Gasteiger partial charge on any atom is -0.397 e. The summed E-state index contributed by atoms with van der Waals surface area (Å²) in [7, 11) is 0. The fraction of sp³-hybridized carbons (Fsp3) is 0. The van der Waals surface area contributed by atoms with E-state index in [2.05, 4.69) is 50.5 Å². The molecule has 0 spiro atoms. The summed E-state index contributed by atoms with van der Waals surface area (Å²) in [5, 5.41) is 0. The molecule has 0 saturated heterocycles. The van der Waals surface area contributed by atoms with Gasteiger partial charge in [-0.3, -0.25) is 4.79 Å². The van der Waals surface area contributed by atoms with Crippen LogP contribution in [0.25, 0.3) is 0 Å². The highest BCUT2D eigenvalue weighted by molar-refractivity contribution is 7.86. The Morgan fingerprint density at radius 2 is 1.36 bits per heavy atom. The Bertz CT molecular complexity index is 390. The molecule has 76 valence electrons. The van der Waals surface area contributed by atoms with Crippen LogP contribution in [0, 0.1) is 0 Å². The molecule has 0 aliphatic heterocycles. The molecule has 1 rings (SSSR count). The van der Waals surface area contributed by atoms with Crippen molar-refractivity contribution in [1.82, 2.24) is 0 Å². The number of hydrogen-bond acceptors (Lipinski definition) is 6. The van der Waals surface area contributed by atoms with E-state index in [1.165, 1.54) is 0 Å². The average molecular weight is 264 g/mol. The number of nitrogens with two attached hydrogens (primary N) is 2. The molecule has 0 fully saturated rings. The van der Waals surface area contributed by atoms with E-state index in [9.17, 15) is 4.79 Å². The molecule has 7 heteroatoms. The van der Waals surface area contributed by atoms with E-state index >= 15 is 0 Å². The first-order chi connectivity index (χ1) is 6.37. The summed E-state index contributed by atoms with van der Waals surface area (Å²) in [5.41, 5.74) is 11.1. The molecule has 4 N–H and O–H groups in total. The molecule has 0 aliphatic carbocycles. The Balaban J connectivity index is 3.68. The fourth-order valence-electron chi connectivity index (χ4n) is 0.966. The van der Waals surface area contributed by atoms with Crippen LogP contribution in [0.2, 0.25) is 0 Å². The SMILES string of the molecule is NC(=O)c1c(N)c(S)c(S)c(S)c1S. The standard InChI is InChI=1S/C7H8N2OS4/c8-2-1(7(9)10)3(11)5(13)6(14)4(2)12/h11-14H,8H2,(H2,9,10). The number of amides is 1. The normalized spacial score (nSPS) is 10.3. The summed E-state index contributed by atoms with van der Waals surface area (Å²) < 4.78 is 0. The predicted molar refractivity (Wildman–Crippen MR) is 68.4 cm³/mol. The Labute approximate surface area is 103 Å². The minimum absolute atomic E-state index is 0.126. The summed E-state index contributed by atoms with van der Waals surface area (Å²) in [6, 6.07) is 0. The molecule has 1 aromatic rings. The van der Waals surface area contributed by atoms with E-state index in [0.29, 0.717) is 19.6 Å². The molecular weight excluding hydrogens is 256 g/mol. The molecule has 0 aliphatic rings. The third-order valence-corrected chi connectivity index (χ3v) is 4.02. The third-order valence-electron chi connectivity index (χ3n) is 1.68. The predicted octanol–water partition coefficient (Wildman–Crippen LogP) is 1.52. The van der Waals surface area contributed by atoms with Gasteiger partial charge in [-0.1, -0.05) is 0 Å². The van der Waals surface area contributed by atoms with Crippen molar-refractivity contribution in [2.45, 2.75) is 19.6 Å². The van der Waals surface area contributed by atoms with Gasteiger partial charge < -0.3 is 11.5 Å². The Hall–Kier alpha value is -0.110. The second-order valence-electron chi connectivity index (χ2n) is 2.55. The van der Waals surface area contributed by atoms with Crippen LogP contribution >= 0.6 is 50.5 Å². The van der Waals surface area contributed by atoms with E-state index in [4.69, 9.17) is 11.5 Å². The van der Waals surface area contributed by atoms with Gasteiger partial charge in [0.25, 0.3) is 5.91 Å². The van der Waals surface area contributed by atoms with Crippen molar-refractivity contribution in [1.29, 1.82) is 0 Å². The van der Waals surface area contributed by atoms with Gasteiger partial charge in [-0.25, -0.2) is 0 Å². The maximum absolute atomic E-state index is 11.1. The second-order valence-corrected chi connectivity index (χ2v) is 4.34. The topological polar surface area (TPSA) is 69.1 Å². The number of benzene rings is 1. The van der Waals surface area contributed by atoms with Crippen molar-refractivity contribution in [2.75, 3.05) is 5.73 Å². The summed E-state index contributed by atoms with van der Waals surface area (Å²) >= 11 is 16.5. The van der Waals surface area contributed by atoms with Crippen LogP contribution in [0.3, 0.4) is 0 Å². The van der Waals surface area contributed by atoms with Gasteiger partial charge in [0.05, 0.1) is 11.3 Å². The van der Waals surface area contributed by atoms with E-state index in [-0.39, 0.29) is 11.3 Å². The van der Waals surface area contributed by atoms with Crippen LogP contribution < -0.4 is 11.5 Å². The van der Waals surface area contributed by atoms with Crippen LogP contribution in [-0.4, -0.2) is 5.91 Å². The molecular formula is C7H8N2OS4. The van der Waals surface area contributed by atoms with Gasteiger partial charge in [-0.05, 0) is 0 Å². The lowest BCUT2D eigenvalue weighted by Crippen LogP contribution is -2.15. The van der Waals surface area contributed by atoms with Gasteiger partial charge in [0.15, 0.2) is 0 Å². The lowest BCUT2D eigenvalue weighted by molar-refractivity contribution is 0.0997. The van der Waals surface area contributed by atoms with Gasteiger partial charge in [-0.2, -0.15) is 0 Å². The van der Waals surface area contributed by atoms with Crippen LogP contribution in [0.4, 0.5) is 5.69 Å². The molecule has 1 amide bonds. The lowest BCUT2D eigenvalue weighted by atomic mass is 10.1. The average Bonchev–Trinajstić information content (AvgIpc) is 2.11. The monoisotopic (exact) mass is 264 g/mol. The number of carbonyl (C=O) groups is 1. The number of carbonyl (C=O) groups excluding carboxylic acids is 1. The summed E-state index contributed by atoms with van der Waals surface area (Å²) in [6.07, 6.45) is 0. The quantitative estimate of drug-likeness (QED) is 0.344. The third kappa shape index (κ3) is 1.81. The molecule has 0 bridgehead atoms. The van der Waals surface area contributed by atoms with E-state index < -0.39 is 5.91 Å². The van der Waals surface area contributed by atoms with Gasteiger partial charge in [-0.15, -0.1) is 50.5 Å². The second kappa shape index (κ2) is 4.18. The van der Waals surface area contributed by atoms with E-state index in [0.717, 1.165) is 0 Å². The van der Waals surface area contributed by atoms with Crippen LogP contribution in [0.1, 0.15) is 10.4 Å². The molecule has 0 aromatic heterocycles. The molecule has 1 aromatic carbocycles. The summed E-state index contributed by atoms with van der Waals surface area (Å²) in [5.74, 6) is -0.661. The highest BCUT2D eigenvalue weighted by atomic mass is 32.1. The molecule has 14 heavy (non-hydrogen) atoms. The highest BCUT2D eigenvalue weighted by Gasteiger charge is 2.18. The van der Waals surface area contributed by atoms with Crippen molar-refractivity contribution >= 4 is 62.1 Å². The number of anilines is 1. The molecule has 3 nitrogen and oxygen atoms in total. The molecule has 0 heterocycles. The zero-order chi connectivity index (χ0) is 11.0. The van der Waals surface area contributed by atoms with Crippen molar-refractivity contribution in [3.63, 3.8) is 0 Å². The first-order valence-corrected chi connectivity index (χ1v) is 5.21. The Morgan fingerprint density at radius 1 is 0.929 bits per heavy atom.